The number of amides is 2. The second kappa shape index (κ2) is 8.88. The van der Waals surface area contributed by atoms with E-state index in [0.29, 0.717) is 30.8 Å². The number of hydrogen-bond acceptors (Lipinski definition) is 5. The molecule has 1 N–H and O–H groups in total. The van der Waals surface area contributed by atoms with Crippen molar-refractivity contribution < 1.29 is 9.59 Å². The highest BCUT2D eigenvalue weighted by Gasteiger charge is 2.20. The van der Waals surface area contributed by atoms with Crippen molar-refractivity contribution >= 4 is 34.5 Å². The van der Waals surface area contributed by atoms with Gasteiger partial charge in [-0.3, -0.25) is 9.59 Å². The van der Waals surface area contributed by atoms with Gasteiger partial charge in [0.05, 0.1) is 10.6 Å². The van der Waals surface area contributed by atoms with Crippen LogP contribution in [0.1, 0.15) is 39.3 Å². The third-order valence-corrected chi connectivity index (χ3v) is 7.27. The van der Waals surface area contributed by atoms with Crippen LogP contribution in [0.4, 0.5) is 0 Å². The van der Waals surface area contributed by atoms with E-state index >= 15 is 0 Å². The van der Waals surface area contributed by atoms with Crippen molar-refractivity contribution in [1.82, 2.24) is 15.2 Å². The summed E-state index contributed by atoms with van der Waals surface area (Å²) < 4.78 is 0. The quantitative estimate of drug-likeness (QED) is 0.600. The van der Waals surface area contributed by atoms with Crippen LogP contribution in [0.5, 0.6) is 0 Å². The molecule has 0 radical (unpaired) electrons. The zero-order valence-corrected chi connectivity index (χ0v) is 17.9. The number of rotatable bonds is 6. The Morgan fingerprint density at radius 2 is 2.00 bits per heavy atom. The lowest BCUT2D eigenvalue weighted by Crippen LogP contribution is -2.36. The highest BCUT2D eigenvalue weighted by molar-refractivity contribution is 7.22. The zero-order valence-electron chi connectivity index (χ0n) is 16.3. The third kappa shape index (κ3) is 4.57. The van der Waals surface area contributed by atoms with E-state index in [-0.39, 0.29) is 11.8 Å². The predicted octanol–water partition coefficient (Wildman–Crippen LogP) is 4.27. The molecule has 2 aromatic heterocycles. The van der Waals surface area contributed by atoms with E-state index in [1.807, 2.05) is 41.5 Å². The molecule has 1 aliphatic rings. The number of nitrogens with zero attached hydrogens (tertiary/aromatic N) is 2. The molecule has 0 atom stereocenters. The minimum absolute atomic E-state index is 0.109. The Bertz CT molecular complexity index is 1010. The smallest absolute Gasteiger partial charge is 0.263 e. The fourth-order valence-corrected chi connectivity index (χ4v) is 5.28. The van der Waals surface area contributed by atoms with Crippen LogP contribution in [0.2, 0.25) is 0 Å². The SMILES string of the molecule is Cc1nc(-c2cccs2)sc1C(=O)NCCCC(=O)N1CCc2ccccc2C1. The lowest BCUT2D eigenvalue weighted by Gasteiger charge is -2.29. The van der Waals surface area contributed by atoms with Crippen LogP contribution in [0, 0.1) is 6.92 Å². The van der Waals surface area contributed by atoms with Gasteiger partial charge in [-0.25, -0.2) is 4.98 Å². The van der Waals surface area contributed by atoms with Crippen molar-refractivity contribution in [3.05, 3.63) is 63.5 Å². The van der Waals surface area contributed by atoms with Crippen molar-refractivity contribution in [3.8, 4) is 9.88 Å². The van der Waals surface area contributed by atoms with Crippen molar-refractivity contribution in [2.45, 2.75) is 32.7 Å². The minimum atomic E-state index is -0.109. The summed E-state index contributed by atoms with van der Waals surface area (Å²) in [6, 6.07) is 12.3. The summed E-state index contributed by atoms with van der Waals surface area (Å²) in [5.74, 6) is 0.0462. The lowest BCUT2D eigenvalue weighted by molar-refractivity contribution is -0.132. The summed E-state index contributed by atoms with van der Waals surface area (Å²) in [5, 5.41) is 5.82. The number of aromatic nitrogens is 1. The summed E-state index contributed by atoms with van der Waals surface area (Å²) >= 11 is 3.04. The molecule has 0 bridgehead atoms. The van der Waals surface area contributed by atoms with Crippen LogP contribution in [0.3, 0.4) is 0 Å². The molecular formula is C22H23N3O2S2. The van der Waals surface area contributed by atoms with Crippen LogP contribution < -0.4 is 5.32 Å². The Balaban J connectivity index is 1.25. The summed E-state index contributed by atoms with van der Waals surface area (Å²) in [7, 11) is 0. The molecule has 29 heavy (non-hydrogen) atoms. The molecule has 0 unspecified atom stereocenters. The molecule has 5 nitrogen and oxygen atoms in total. The van der Waals surface area contributed by atoms with Crippen molar-refractivity contribution in [2.75, 3.05) is 13.1 Å². The summed E-state index contributed by atoms with van der Waals surface area (Å²) in [4.78, 5) is 33.2. The van der Waals surface area contributed by atoms with Gasteiger partial charge in [-0.1, -0.05) is 30.3 Å². The number of thiazole rings is 1. The maximum atomic E-state index is 12.5. The van der Waals surface area contributed by atoms with E-state index in [1.54, 1.807) is 11.3 Å². The number of aryl methyl sites for hydroxylation is 1. The van der Waals surface area contributed by atoms with E-state index in [4.69, 9.17) is 0 Å². The van der Waals surface area contributed by atoms with Gasteiger partial charge in [0.2, 0.25) is 5.91 Å². The second-order valence-electron chi connectivity index (χ2n) is 7.10. The third-order valence-electron chi connectivity index (χ3n) is 5.07. The molecule has 0 fully saturated rings. The van der Waals surface area contributed by atoms with Gasteiger partial charge in [0.15, 0.2) is 0 Å². The number of nitrogens with one attached hydrogen (secondary N) is 1. The van der Waals surface area contributed by atoms with Gasteiger partial charge in [0.25, 0.3) is 5.91 Å². The normalized spacial score (nSPS) is 13.2. The standard InChI is InChI=1S/C22H23N3O2S2/c1-15-20(29-22(24-15)18-8-5-13-28-18)21(27)23-11-4-9-19(26)25-12-10-16-6-2-3-7-17(16)14-25/h2-3,5-8,13H,4,9-12,14H2,1H3,(H,23,27). The van der Waals surface area contributed by atoms with Gasteiger partial charge in [-0.15, -0.1) is 22.7 Å². The molecule has 0 saturated heterocycles. The van der Waals surface area contributed by atoms with E-state index in [2.05, 4.69) is 22.4 Å². The first-order valence-corrected chi connectivity index (χ1v) is 11.5. The molecule has 3 heterocycles. The number of fused-ring (bicyclic) bond motifs is 1. The fourth-order valence-electron chi connectivity index (χ4n) is 3.50. The topological polar surface area (TPSA) is 62.3 Å². The molecule has 0 saturated carbocycles. The van der Waals surface area contributed by atoms with E-state index in [9.17, 15) is 9.59 Å². The number of thiophene rings is 1. The average molecular weight is 426 g/mol. The van der Waals surface area contributed by atoms with Crippen molar-refractivity contribution in [1.29, 1.82) is 0 Å². The molecule has 4 rings (SSSR count). The first kappa shape index (κ1) is 19.8. The van der Waals surface area contributed by atoms with Gasteiger partial charge in [0.1, 0.15) is 9.88 Å². The Hall–Kier alpha value is -2.51. The summed E-state index contributed by atoms with van der Waals surface area (Å²) in [6.07, 6.45) is 2.00. The molecule has 0 spiro atoms. The largest absolute Gasteiger partial charge is 0.351 e. The van der Waals surface area contributed by atoms with Gasteiger partial charge < -0.3 is 10.2 Å². The average Bonchev–Trinajstić information content (AvgIpc) is 3.40. The molecule has 0 aliphatic carbocycles. The van der Waals surface area contributed by atoms with Gasteiger partial charge in [-0.2, -0.15) is 0 Å². The molecule has 2 amide bonds. The number of carbonyl (C=O) groups is 2. The predicted molar refractivity (Wildman–Crippen MR) is 117 cm³/mol. The Morgan fingerprint density at radius 1 is 1.17 bits per heavy atom. The first-order valence-electron chi connectivity index (χ1n) is 9.76. The fraction of sp³-hybridized carbons (Fsp3) is 0.318. The first-order chi connectivity index (χ1) is 14.1. The molecule has 1 aromatic carbocycles. The highest BCUT2D eigenvalue weighted by atomic mass is 32.1. The van der Waals surface area contributed by atoms with Gasteiger partial charge >= 0.3 is 0 Å². The van der Waals surface area contributed by atoms with Crippen LogP contribution in [0.15, 0.2) is 41.8 Å². The Kier molecular flexibility index (Phi) is 6.06. The minimum Gasteiger partial charge on any atom is -0.351 e. The van der Waals surface area contributed by atoms with E-state index in [1.165, 1.54) is 22.5 Å². The van der Waals surface area contributed by atoms with Crippen LogP contribution in [-0.2, 0) is 17.8 Å². The Morgan fingerprint density at radius 3 is 2.79 bits per heavy atom. The number of carbonyl (C=O) groups excluding carboxylic acids is 2. The Labute approximate surface area is 178 Å². The summed E-state index contributed by atoms with van der Waals surface area (Å²) in [6.45, 7) is 3.81. The van der Waals surface area contributed by atoms with Gasteiger partial charge in [-0.05, 0) is 42.3 Å². The van der Waals surface area contributed by atoms with Crippen LogP contribution in [0.25, 0.3) is 9.88 Å². The van der Waals surface area contributed by atoms with Gasteiger partial charge in [0, 0.05) is 26.1 Å². The monoisotopic (exact) mass is 425 g/mol. The van der Waals surface area contributed by atoms with E-state index in [0.717, 1.165) is 28.5 Å². The summed E-state index contributed by atoms with van der Waals surface area (Å²) in [5.41, 5.74) is 3.33. The highest BCUT2D eigenvalue weighted by Crippen LogP contribution is 2.31. The molecule has 1 aliphatic heterocycles. The van der Waals surface area contributed by atoms with E-state index < -0.39 is 0 Å². The maximum absolute atomic E-state index is 12.5. The van der Waals surface area contributed by atoms with Crippen molar-refractivity contribution in [3.63, 3.8) is 0 Å². The molecular weight excluding hydrogens is 402 g/mol. The molecule has 7 heteroatoms. The zero-order chi connectivity index (χ0) is 20.2. The van der Waals surface area contributed by atoms with Crippen molar-refractivity contribution in [2.24, 2.45) is 0 Å². The number of benzene rings is 1. The second-order valence-corrected chi connectivity index (χ2v) is 9.05. The number of hydrogen-bond donors (Lipinski definition) is 1. The van der Waals surface area contributed by atoms with Crippen LogP contribution >= 0.6 is 22.7 Å². The lowest BCUT2D eigenvalue weighted by atomic mass is 9.99. The molecule has 3 aromatic rings. The maximum Gasteiger partial charge on any atom is 0.263 e. The van der Waals surface area contributed by atoms with Crippen LogP contribution in [-0.4, -0.2) is 34.8 Å². The molecule has 150 valence electrons.